The summed E-state index contributed by atoms with van der Waals surface area (Å²) in [6.07, 6.45) is 0. The minimum atomic E-state index is -0.484. The second-order valence-electron chi connectivity index (χ2n) is 18.5. The van der Waals surface area contributed by atoms with Crippen molar-refractivity contribution in [1.82, 2.24) is 0 Å². The zero-order valence-corrected chi connectivity index (χ0v) is 40.5. The molecule has 0 N–H and O–H groups in total. The van der Waals surface area contributed by atoms with E-state index in [1.54, 1.807) is 0 Å². The van der Waals surface area contributed by atoms with E-state index in [4.69, 9.17) is 0 Å². The average molecular weight is 972 g/mol. The molecule has 0 saturated carbocycles. The van der Waals surface area contributed by atoms with Crippen molar-refractivity contribution in [2.75, 3.05) is 9.80 Å². The van der Waals surface area contributed by atoms with Gasteiger partial charge in [0.05, 0.1) is 10.8 Å². The van der Waals surface area contributed by atoms with Crippen LogP contribution in [-0.2, 0) is 10.8 Å². The average Bonchev–Trinajstić information content (AvgIpc) is 3.91. The molecule has 2 aliphatic rings. The normalized spacial score (nSPS) is 13.4. The van der Waals surface area contributed by atoms with Crippen LogP contribution in [0.2, 0.25) is 0 Å². The van der Waals surface area contributed by atoms with Crippen molar-refractivity contribution in [2.45, 2.75) is 10.8 Å². The molecular formula is C68H47BrN2. The first-order valence-corrected chi connectivity index (χ1v) is 25.2. The van der Waals surface area contributed by atoms with Crippen LogP contribution in [0.1, 0.15) is 44.5 Å². The van der Waals surface area contributed by atoms with Gasteiger partial charge >= 0.3 is 0 Å². The lowest BCUT2D eigenvalue weighted by molar-refractivity contribution is 0.768. The first-order valence-electron chi connectivity index (χ1n) is 24.4. The van der Waals surface area contributed by atoms with E-state index in [1.165, 1.54) is 66.8 Å². The van der Waals surface area contributed by atoms with E-state index in [2.05, 4.69) is 311 Å². The maximum atomic E-state index is 4.06. The van der Waals surface area contributed by atoms with Gasteiger partial charge < -0.3 is 9.80 Å². The third kappa shape index (κ3) is 6.76. The van der Waals surface area contributed by atoms with Crippen molar-refractivity contribution in [3.63, 3.8) is 0 Å². The number of anilines is 6. The lowest BCUT2D eigenvalue weighted by Crippen LogP contribution is -2.28. The smallest absolute Gasteiger partial charge is 0.0713 e. The van der Waals surface area contributed by atoms with Gasteiger partial charge in [0.2, 0.25) is 0 Å². The van der Waals surface area contributed by atoms with E-state index in [0.717, 1.165) is 38.6 Å². The van der Waals surface area contributed by atoms with E-state index >= 15 is 0 Å². The highest BCUT2D eigenvalue weighted by atomic mass is 79.9. The molecule has 11 aromatic rings. The Morgan fingerprint density at radius 1 is 0.225 bits per heavy atom. The standard InChI is InChI=1S/C68H47BrN2/c69-52-43-57(70(53-31-15-5-16-32-53)55-39-41-65-61(46-55)59-35-19-21-37-63(59)67(65,48-23-7-1-8-24-48)49-25-9-2-10-26-49)45-58(44-52)71(54-33-17-6-18-34-54)56-40-42-66-62(47-56)60-36-20-22-38-64(60)68(66,50-27-11-3-12-28-50)51-29-13-4-14-30-51/h1-47H. The van der Waals surface area contributed by atoms with Gasteiger partial charge in [0.1, 0.15) is 0 Å². The van der Waals surface area contributed by atoms with E-state index in [1.807, 2.05) is 0 Å². The Labute approximate surface area is 424 Å². The monoisotopic (exact) mass is 970 g/mol. The molecule has 0 fully saturated rings. The van der Waals surface area contributed by atoms with Gasteiger partial charge in [0, 0.05) is 38.6 Å². The molecule has 13 rings (SSSR count). The van der Waals surface area contributed by atoms with Crippen molar-refractivity contribution in [2.24, 2.45) is 0 Å². The number of hydrogen-bond acceptors (Lipinski definition) is 2. The Balaban J connectivity index is 0.995. The molecule has 2 nitrogen and oxygen atoms in total. The second-order valence-corrected chi connectivity index (χ2v) is 19.4. The van der Waals surface area contributed by atoms with Crippen LogP contribution in [0.5, 0.6) is 0 Å². The fraction of sp³-hybridized carbons (Fsp3) is 0.0294. The highest BCUT2D eigenvalue weighted by Crippen LogP contribution is 2.59. The molecule has 0 spiro atoms. The highest BCUT2D eigenvalue weighted by molar-refractivity contribution is 9.10. The molecule has 11 aromatic carbocycles. The number of hydrogen-bond donors (Lipinski definition) is 0. The number of nitrogens with zero attached hydrogens (tertiary/aromatic N) is 2. The molecule has 0 radical (unpaired) electrons. The number of halogens is 1. The maximum absolute atomic E-state index is 4.06. The number of para-hydroxylation sites is 2. The fourth-order valence-electron chi connectivity index (χ4n) is 12.0. The number of fused-ring (bicyclic) bond motifs is 6. The van der Waals surface area contributed by atoms with Gasteiger partial charge in [0.15, 0.2) is 0 Å². The molecule has 0 aliphatic heterocycles. The van der Waals surface area contributed by atoms with Crippen molar-refractivity contribution < 1.29 is 0 Å². The number of benzene rings is 11. The Kier molecular flexibility index (Phi) is 10.5. The van der Waals surface area contributed by atoms with Crippen molar-refractivity contribution in [3.05, 3.63) is 334 Å². The summed E-state index contributed by atoms with van der Waals surface area (Å²) in [5.41, 5.74) is 20.5. The summed E-state index contributed by atoms with van der Waals surface area (Å²) in [4.78, 5) is 4.80. The molecule has 0 heterocycles. The molecule has 0 atom stereocenters. The summed E-state index contributed by atoms with van der Waals surface area (Å²) in [7, 11) is 0. The van der Waals surface area contributed by atoms with Crippen LogP contribution in [0, 0.1) is 0 Å². The third-order valence-electron chi connectivity index (χ3n) is 14.8. The maximum Gasteiger partial charge on any atom is 0.0713 e. The van der Waals surface area contributed by atoms with E-state index in [0.29, 0.717) is 0 Å². The lowest BCUT2D eigenvalue weighted by Gasteiger charge is -2.34. The lowest BCUT2D eigenvalue weighted by atomic mass is 9.68. The van der Waals surface area contributed by atoms with Gasteiger partial charge in [0.25, 0.3) is 0 Å². The zero-order valence-electron chi connectivity index (χ0n) is 38.9. The first kappa shape index (κ1) is 42.6. The Morgan fingerprint density at radius 3 is 0.873 bits per heavy atom. The molecule has 0 aromatic heterocycles. The molecular weight excluding hydrogens is 925 g/mol. The third-order valence-corrected chi connectivity index (χ3v) is 15.3. The summed E-state index contributed by atoms with van der Waals surface area (Å²) < 4.78 is 0.976. The van der Waals surface area contributed by atoms with E-state index < -0.39 is 10.8 Å². The largest absolute Gasteiger partial charge is 0.310 e. The minimum absolute atomic E-state index is 0.484. The molecule has 0 bridgehead atoms. The summed E-state index contributed by atoms with van der Waals surface area (Å²) in [6.45, 7) is 0. The van der Waals surface area contributed by atoms with Crippen LogP contribution in [0.3, 0.4) is 0 Å². The number of rotatable bonds is 10. The summed E-state index contributed by atoms with van der Waals surface area (Å²) in [5, 5.41) is 0. The van der Waals surface area contributed by atoms with Crippen LogP contribution in [-0.4, -0.2) is 0 Å². The Morgan fingerprint density at radius 2 is 0.521 bits per heavy atom. The fourth-order valence-corrected chi connectivity index (χ4v) is 12.5. The van der Waals surface area contributed by atoms with Crippen molar-refractivity contribution in [3.8, 4) is 22.3 Å². The SMILES string of the molecule is Brc1cc(N(c2ccccc2)c2ccc3c(c2)-c2ccccc2C3(c2ccccc2)c2ccccc2)cc(N(c2ccccc2)c2ccc3c(c2)-c2ccccc2C3(c2ccccc2)c2ccccc2)c1. The minimum Gasteiger partial charge on any atom is -0.310 e. The van der Waals surface area contributed by atoms with Gasteiger partial charge in [-0.15, -0.1) is 0 Å². The van der Waals surface area contributed by atoms with Crippen LogP contribution >= 0.6 is 15.9 Å². The highest BCUT2D eigenvalue weighted by Gasteiger charge is 2.47. The first-order chi connectivity index (χ1) is 35.1. The topological polar surface area (TPSA) is 6.48 Å². The van der Waals surface area contributed by atoms with Gasteiger partial charge in [-0.1, -0.05) is 234 Å². The van der Waals surface area contributed by atoms with Crippen LogP contribution in [0.25, 0.3) is 22.3 Å². The molecule has 0 unspecified atom stereocenters. The Hall–Kier alpha value is -8.50. The second kappa shape index (κ2) is 17.5. The van der Waals surface area contributed by atoms with Crippen LogP contribution in [0.4, 0.5) is 34.1 Å². The molecule has 336 valence electrons. The van der Waals surface area contributed by atoms with Gasteiger partial charge in [-0.05, 0) is 133 Å². The Bertz CT molecular complexity index is 3390. The quantitative estimate of drug-likeness (QED) is 0.135. The van der Waals surface area contributed by atoms with Crippen molar-refractivity contribution in [1.29, 1.82) is 0 Å². The zero-order chi connectivity index (χ0) is 47.4. The van der Waals surface area contributed by atoms with Gasteiger partial charge in [-0.25, -0.2) is 0 Å². The molecule has 71 heavy (non-hydrogen) atoms. The van der Waals surface area contributed by atoms with Gasteiger partial charge in [-0.2, -0.15) is 0 Å². The van der Waals surface area contributed by atoms with Crippen LogP contribution < -0.4 is 9.80 Å². The molecule has 2 aliphatic carbocycles. The van der Waals surface area contributed by atoms with Crippen molar-refractivity contribution >= 4 is 50.1 Å². The summed E-state index contributed by atoms with van der Waals surface area (Å²) >= 11 is 4.06. The van der Waals surface area contributed by atoms with E-state index in [9.17, 15) is 0 Å². The van der Waals surface area contributed by atoms with Crippen LogP contribution in [0.15, 0.2) is 290 Å². The molecule has 0 amide bonds. The van der Waals surface area contributed by atoms with E-state index in [-0.39, 0.29) is 0 Å². The predicted octanol–water partition coefficient (Wildman–Crippen LogP) is 18.1. The summed E-state index contributed by atoms with van der Waals surface area (Å²) in [6, 6.07) is 105. The summed E-state index contributed by atoms with van der Waals surface area (Å²) in [5.74, 6) is 0. The predicted molar refractivity (Wildman–Crippen MR) is 298 cm³/mol. The van der Waals surface area contributed by atoms with Gasteiger partial charge in [-0.3, -0.25) is 0 Å². The molecule has 3 heteroatoms. The molecule has 0 saturated heterocycles.